The molecule has 5 aromatic rings. The molecule has 10 atom stereocenters. The first kappa shape index (κ1) is 38.3. The van der Waals surface area contributed by atoms with Gasteiger partial charge in [-0.25, -0.2) is 29.3 Å². The van der Waals surface area contributed by atoms with Crippen LogP contribution < -0.4 is 5.56 Å². The van der Waals surface area contributed by atoms with Crippen LogP contribution in [0.25, 0.3) is 22.3 Å². The predicted molar refractivity (Wildman–Crippen MR) is 207 cm³/mol. The van der Waals surface area contributed by atoms with Crippen LogP contribution in [0.5, 0.6) is 0 Å². The van der Waals surface area contributed by atoms with Gasteiger partial charge in [0.2, 0.25) is 12.0 Å². The van der Waals surface area contributed by atoms with Crippen LogP contribution in [-0.4, -0.2) is 69.4 Å². The maximum atomic E-state index is 16.6. The number of ether oxygens (including phenoxy) is 1. The van der Waals surface area contributed by atoms with Gasteiger partial charge in [-0.3, -0.25) is 9.36 Å². The van der Waals surface area contributed by atoms with Gasteiger partial charge in [0.05, 0.1) is 42.9 Å². The summed E-state index contributed by atoms with van der Waals surface area (Å²) in [7, 11) is 1.59. The van der Waals surface area contributed by atoms with Gasteiger partial charge >= 0.3 is 0 Å². The third-order valence-electron chi connectivity index (χ3n) is 9.30. The summed E-state index contributed by atoms with van der Waals surface area (Å²) in [6.45, 7) is 3.67. The van der Waals surface area contributed by atoms with E-state index in [1.165, 1.54) is 34.4 Å². The molecule has 2 saturated heterocycles. The van der Waals surface area contributed by atoms with E-state index in [4.69, 9.17) is 74.7 Å². The molecule has 8 rings (SSSR count). The molecule has 2 unspecified atom stereocenters. The molecule has 24 heteroatoms. The van der Waals surface area contributed by atoms with E-state index in [0.29, 0.717) is 44.5 Å². The Hall–Kier alpha value is -1.61. The Labute approximate surface area is 330 Å². The van der Waals surface area contributed by atoms with Crippen molar-refractivity contribution < 1.29 is 32.3 Å². The number of hydrogen-bond acceptors (Lipinski definition) is 15. The fraction of sp³-hybridized carbons (Fsp3) is 0.448. The lowest BCUT2D eigenvalue weighted by Gasteiger charge is -2.33. The molecule has 0 spiro atoms. The van der Waals surface area contributed by atoms with Crippen LogP contribution in [0.4, 0.5) is 4.39 Å². The average Bonchev–Trinajstić information content (AvgIpc) is 3.87. The van der Waals surface area contributed by atoms with Crippen molar-refractivity contribution >= 4 is 104 Å². The summed E-state index contributed by atoms with van der Waals surface area (Å²) in [6.07, 6.45) is -1.54. The third-order valence-corrected chi connectivity index (χ3v) is 16.7. The minimum Gasteiger partial charge on any atom is -0.320 e. The van der Waals surface area contributed by atoms with E-state index in [2.05, 4.69) is 37.2 Å². The zero-order valence-electron chi connectivity index (χ0n) is 27.7. The van der Waals surface area contributed by atoms with Gasteiger partial charge in [-0.05, 0) is 54.7 Å². The monoisotopic (exact) mass is 880 g/mol. The smallest absolute Gasteiger partial charge is 0.281 e. The number of benzene rings is 1. The molecule has 4 aromatic heterocycles. The van der Waals surface area contributed by atoms with Crippen LogP contribution in [0.15, 0.2) is 48.3 Å². The number of imidazole rings is 2. The Morgan fingerprint density at radius 3 is 2.57 bits per heavy atom. The van der Waals surface area contributed by atoms with Crippen molar-refractivity contribution in [2.24, 2.45) is 13.0 Å². The summed E-state index contributed by atoms with van der Waals surface area (Å²) in [6, 6.07) is 4.57. The molecule has 53 heavy (non-hydrogen) atoms. The minimum atomic E-state index is -3.56. The van der Waals surface area contributed by atoms with Crippen molar-refractivity contribution in [3.8, 4) is 0 Å². The summed E-state index contributed by atoms with van der Waals surface area (Å²) in [4.78, 5) is 40.5. The third kappa shape index (κ3) is 7.27. The van der Waals surface area contributed by atoms with E-state index < -0.39 is 60.3 Å². The van der Waals surface area contributed by atoms with Crippen LogP contribution in [0.2, 0.25) is 10.0 Å². The molecular weight excluding hydrogens is 852 g/mol. The van der Waals surface area contributed by atoms with Crippen molar-refractivity contribution in [3.63, 3.8) is 0 Å². The van der Waals surface area contributed by atoms with Crippen molar-refractivity contribution in [1.29, 1.82) is 0 Å². The van der Waals surface area contributed by atoms with Crippen LogP contribution in [0, 0.1) is 12.8 Å². The molecule has 2 aliphatic heterocycles. The maximum Gasteiger partial charge on any atom is 0.281 e. The van der Waals surface area contributed by atoms with Crippen LogP contribution in [-0.2, 0) is 64.3 Å². The van der Waals surface area contributed by atoms with Gasteiger partial charge in [0.1, 0.15) is 11.8 Å². The fourth-order valence-electron chi connectivity index (χ4n) is 6.58. The quantitative estimate of drug-likeness (QED) is 0.112. The van der Waals surface area contributed by atoms with Gasteiger partial charge in [0.15, 0.2) is 35.3 Å². The molecule has 0 radical (unpaired) electrons. The van der Waals surface area contributed by atoms with Gasteiger partial charge in [-0.1, -0.05) is 59.8 Å². The summed E-state index contributed by atoms with van der Waals surface area (Å²) in [5.41, 5.74) is -4.76. The Balaban J connectivity index is 1.17. The summed E-state index contributed by atoms with van der Waals surface area (Å²) in [5.74, 6) is -0.164. The number of aromatic nitrogens is 8. The molecule has 1 saturated carbocycles. The van der Waals surface area contributed by atoms with E-state index in [0.717, 1.165) is 11.4 Å². The summed E-state index contributed by atoms with van der Waals surface area (Å²) >= 11 is 30.4. The normalized spacial score (nSPS) is 33.6. The molecule has 15 nitrogen and oxygen atoms in total. The Morgan fingerprint density at radius 2 is 1.77 bits per heavy atom. The highest BCUT2D eigenvalue weighted by Gasteiger charge is 2.54. The van der Waals surface area contributed by atoms with Gasteiger partial charge in [-0.15, -0.1) is 0 Å². The molecule has 2 bridgehead atoms. The highest BCUT2D eigenvalue weighted by atomic mass is 35.5. The van der Waals surface area contributed by atoms with Crippen molar-refractivity contribution in [2.75, 3.05) is 0 Å². The van der Waals surface area contributed by atoms with E-state index in [1.807, 2.05) is 6.92 Å². The van der Waals surface area contributed by atoms with E-state index in [9.17, 15) is 4.79 Å². The number of fused-ring (bicyclic) bond motifs is 5. The second kappa shape index (κ2) is 14.7. The van der Waals surface area contributed by atoms with Gasteiger partial charge < -0.3 is 27.4 Å². The highest BCUT2D eigenvalue weighted by Crippen LogP contribution is 2.68. The SMILES string of the molecule is Cc1ncnc2c1ncn2[C@@H]1O[C@@H]2OOP(=S)(SCc3ccc(Cl)cc3Cl)O[C@@H]3[C@H](C)[C@H](C[C@H]3n3cnc4c(=O)n(C)cnc43)OP(=S)(S)O[C@H]2[C@H]1F. The minimum absolute atomic E-state index is 0.179. The standard InChI is InChI=1S/C29H29Cl2FN8O7P2S4/c1-13-19-7-18(39-11-36-22-26(39)37-10-38(3)27(22)41)23(13)46-49(52,53-8-15-4-5-16(30)6-17(15)31)47-43-29-24(45-48(50,51)44-19)20(32)28(42-29)40-12-35-21-14(2)33-9-34-25(21)40/h4-6,9-13,18-20,23-24,28-29H,7-8H2,1-3H3,(H,50,51)/t13-,18-,19+,20-,23-,24+,28-,29-,49?/m1/s1. The van der Waals surface area contributed by atoms with Crippen LogP contribution in [0.1, 0.15) is 36.9 Å². The number of hydrogen-bond donors (Lipinski definition) is 1. The molecule has 1 aliphatic carbocycles. The number of thiol groups is 1. The molecule has 3 aliphatic rings. The van der Waals surface area contributed by atoms with Crippen molar-refractivity contribution in [1.82, 2.24) is 38.6 Å². The van der Waals surface area contributed by atoms with Crippen molar-refractivity contribution in [3.05, 3.63) is 75.2 Å². The Bertz CT molecular complexity index is 2390. The molecule has 1 aromatic carbocycles. The summed E-state index contributed by atoms with van der Waals surface area (Å²) in [5, 5.41) is 0.886. The highest BCUT2D eigenvalue weighted by molar-refractivity contribution is 8.67. The number of alkyl halides is 1. The maximum absolute atomic E-state index is 16.6. The van der Waals surface area contributed by atoms with Crippen LogP contribution >= 0.6 is 58.2 Å². The zero-order chi connectivity index (χ0) is 37.4. The number of aryl methyl sites for hydroxylation is 2. The first-order valence-corrected chi connectivity index (χ1v) is 24.7. The Kier molecular flexibility index (Phi) is 10.6. The van der Waals surface area contributed by atoms with Crippen molar-refractivity contribution in [2.45, 2.75) is 69.1 Å². The number of nitrogens with zero attached hydrogens (tertiary/aromatic N) is 8. The second-order valence-corrected chi connectivity index (χ2v) is 24.8. The Morgan fingerprint density at radius 1 is 1.02 bits per heavy atom. The first-order chi connectivity index (χ1) is 25.2. The predicted octanol–water partition coefficient (Wildman–Crippen LogP) is 6.79. The number of halogens is 3. The number of rotatable bonds is 5. The zero-order valence-corrected chi connectivity index (χ0v) is 34.4. The summed E-state index contributed by atoms with van der Waals surface area (Å²) < 4.78 is 52.8. The molecule has 0 N–H and O–H groups in total. The van der Waals surface area contributed by atoms with Gasteiger partial charge in [-0.2, -0.15) is 9.56 Å². The van der Waals surface area contributed by atoms with E-state index >= 15 is 4.39 Å². The molecule has 282 valence electrons. The second-order valence-electron chi connectivity index (χ2n) is 12.6. The molecular formula is C29H29Cl2FN8O7P2S4. The van der Waals surface area contributed by atoms with Gasteiger partial charge in [0, 0.05) is 28.8 Å². The molecule has 0 amide bonds. The lowest BCUT2D eigenvalue weighted by molar-refractivity contribution is -0.330. The fourth-order valence-corrected chi connectivity index (χ4v) is 13.6. The lowest BCUT2D eigenvalue weighted by atomic mass is 10.1. The average molecular weight is 882 g/mol. The van der Waals surface area contributed by atoms with Crippen LogP contribution in [0.3, 0.4) is 0 Å². The molecule has 3 fully saturated rings. The van der Waals surface area contributed by atoms with E-state index in [-0.39, 0.29) is 16.8 Å². The first-order valence-electron chi connectivity index (χ1n) is 16.0. The van der Waals surface area contributed by atoms with Gasteiger partial charge in [0.25, 0.3) is 11.3 Å². The molecule has 6 heterocycles. The lowest BCUT2D eigenvalue weighted by Crippen LogP contribution is -2.34. The topological polar surface area (TPSA) is 152 Å². The largest absolute Gasteiger partial charge is 0.320 e. The van der Waals surface area contributed by atoms with E-state index in [1.54, 1.807) is 36.7 Å².